The van der Waals surface area contributed by atoms with Crippen molar-refractivity contribution in [3.63, 3.8) is 0 Å². The number of amides is 2. The fraction of sp³-hybridized carbons (Fsp3) is 0.318. The second kappa shape index (κ2) is 11.6. The van der Waals surface area contributed by atoms with Crippen LogP contribution < -0.4 is 10.1 Å². The van der Waals surface area contributed by atoms with Gasteiger partial charge in [0.2, 0.25) is 11.8 Å². The lowest BCUT2D eigenvalue weighted by molar-refractivity contribution is -0.128. The smallest absolute Gasteiger partial charge is 0.242 e. The van der Waals surface area contributed by atoms with Gasteiger partial charge in [0, 0.05) is 26.7 Å². The number of hydrogen-bond donors (Lipinski definition) is 1. The fourth-order valence-electron chi connectivity index (χ4n) is 3.04. The zero-order chi connectivity index (χ0) is 23.1. The average Bonchev–Trinajstić information content (AvgIpc) is 3.06. The Morgan fingerprint density at radius 2 is 1.94 bits per heavy atom. The Hall–Kier alpha value is -2.26. The first-order valence-electron chi connectivity index (χ1n) is 9.86. The number of benzene rings is 2. The van der Waals surface area contributed by atoms with Crippen LogP contribution in [0.2, 0.25) is 10.0 Å². The second-order valence-corrected chi connectivity index (χ2v) is 8.84. The number of thioether (sulfide) groups is 1. The number of nitrogens with zero attached hydrogens (tertiary/aromatic N) is 2. The quantitative estimate of drug-likeness (QED) is 0.495. The van der Waals surface area contributed by atoms with E-state index < -0.39 is 5.25 Å². The summed E-state index contributed by atoms with van der Waals surface area (Å²) in [7, 11) is 3.21. The molecule has 1 aliphatic rings. The first kappa shape index (κ1) is 24.4. The van der Waals surface area contributed by atoms with Gasteiger partial charge in [-0.2, -0.15) is 0 Å². The Kier molecular flexibility index (Phi) is 8.81. The Morgan fingerprint density at radius 1 is 1.19 bits per heavy atom. The highest BCUT2D eigenvalue weighted by atomic mass is 35.5. The SMILES string of the molecule is COCCCN1C(=O)C(CC(=O)Nc2cccc(Cl)c2Cl)SC1=Nc1ccc(OC)cc1. The van der Waals surface area contributed by atoms with E-state index in [9.17, 15) is 9.59 Å². The molecule has 2 aromatic carbocycles. The third kappa shape index (κ3) is 6.16. The molecule has 0 saturated carbocycles. The van der Waals surface area contributed by atoms with Crippen LogP contribution >= 0.6 is 35.0 Å². The van der Waals surface area contributed by atoms with Gasteiger partial charge in [-0.05, 0) is 42.8 Å². The summed E-state index contributed by atoms with van der Waals surface area (Å²) in [6.07, 6.45) is 0.635. The van der Waals surface area contributed by atoms with E-state index in [-0.39, 0.29) is 23.3 Å². The Labute approximate surface area is 201 Å². The first-order chi connectivity index (χ1) is 15.4. The summed E-state index contributed by atoms with van der Waals surface area (Å²) in [5.74, 6) is 0.225. The third-order valence-corrected chi connectivity index (χ3v) is 6.64. The lowest BCUT2D eigenvalue weighted by Crippen LogP contribution is -2.34. The molecule has 1 N–H and O–H groups in total. The zero-order valence-corrected chi connectivity index (χ0v) is 20.0. The number of anilines is 1. The molecule has 1 fully saturated rings. The third-order valence-electron chi connectivity index (χ3n) is 4.64. The summed E-state index contributed by atoms with van der Waals surface area (Å²) in [4.78, 5) is 31.9. The standard InChI is InChI=1S/C22H23Cl2N3O4S/c1-30-12-4-11-27-21(29)18(13-19(28)26-17-6-3-5-16(23)20(17)24)32-22(27)25-14-7-9-15(31-2)10-8-14/h3,5-10,18H,4,11-13H2,1-2H3,(H,26,28). The van der Waals surface area contributed by atoms with Gasteiger partial charge in [-0.15, -0.1) is 0 Å². The Bertz CT molecular complexity index is 1000. The lowest BCUT2D eigenvalue weighted by atomic mass is 10.2. The lowest BCUT2D eigenvalue weighted by Gasteiger charge is -2.16. The van der Waals surface area contributed by atoms with Crippen LogP contribution in [0.3, 0.4) is 0 Å². The normalized spacial score (nSPS) is 17.1. The summed E-state index contributed by atoms with van der Waals surface area (Å²) in [6, 6.07) is 12.2. The van der Waals surface area contributed by atoms with E-state index in [0.29, 0.717) is 41.1 Å². The van der Waals surface area contributed by atoms with Gasteiger partial charge in [0.25, 0.3) is 0 Å². The molecular weight excluding hydrogens is 473 g/mol. The van der Waals surface area contributed by atoms with Crippen molar-refractivity contribution < 1.29 is 19.1 Å². The van der Waals surface area contributed by atoms with E-state index in [4.69, 9.17) is 32.7 Å². The van der Waals surface area contributed by atoms with Crippen LogP contribution in [0, 0.1) is 0 Å². The molecule has 2 aromatic rings. The van der Waals surface area contributed by atoms with Crippen LogP contribution in [0.15, 0.2) is 47.5 Å². The number of methoxy groups -OCH3 is 2. The highest BCUT2D eigenvalue weighted by Gasteiger charge is 2.39. The van der Waals surface area contributed by atoms with Gasteiger partial charge in [-0.1, -0.05) is 41.0 Å². The van der Waals surface area contributed by atoms with Crippen molar-refractivity contribution in [2.24, 2.45) is 4.99 Å². The summed E-state index contributed by atoms with van der Waals surface area (Å²) in [5, 5.41) is 3.29. The van der Waals surface area contributed by atoms with Gasteiger partial charge in [-0.25, -0.2) is 4.99 Å². The number of ether oxygens (including phenoxy) is 2. The molecule has 10 heteroatoms. The minimum atomic E-state index is -0.590. The minimum Gasteiger partial charge on any atom is -0.497 e. The van der Waals surface area contributed by atoms with Crippen LogP contribution in [-0.4, -0.2) is 54.5 Å². The predicted octanol–water partition coefficient (Wildman–Crippen LogP) is 5.00. The number of rotatable bonds is 9. The molecule has 0 radical (unpaired) electrons. The maximum Gasteiger partial charge on any atom is 0.242 e. The summed E-state index contributed by atoms with van der Waals surface area (Å²) >= 11 is 13.4. The van der Waals surface area contributed by atoms with E-state index in [1.165, 1.54) is 11.8 Å². The molecule has 0 spiro atoms. The molecule has 3 rings (SSSR count). The van der Waals surface area contributed by atoms with E-state index in [1.807, 2.05) is 12.1 Å². The monoisotopic (exact) mass is 495 g/mol. The number of hydrogen-bond acceptors (Lipinski definition) is 6. The molecule has 1 aliphatic heterocycles. The summed E-state index contributed by atoms with van der Waals surface area (Å²) in [5.41, 5.74) is 1.09. The van der Waals surface area contributed by atoms with Crippen LogP contribution in [0.4, 0.5) is 11.4 Å². The van der Waals surface area contributed by atoms with Crippen LogP contribution in [-0.2, 0) is 14.3 Å². The molecule has 0 aromatic heterocycles. The van der Waals surface area contributed by atoms with E-state index in [1.54, 1.807) is 49.5 Å². The van der Waals surface area contributed by atoms with Gasteiger partial charge in [0.15, 0.2) is 5.17 Å². The first-order valence-corrected chi connectivity index (χ1v) is 11.5. The van der Waals surface area contributed by atoms with Gasteiger partial charge in [0.1, 0.15) is 11.0 Å². The number of amidine groups is 1. The molecule has 170 valence electrons. The van der Waals surface area contributed by atoms with E-state index >= 15 is 0 Å². The van der Waals surface area contributed by atoms with Crippen LogP contribution in [0.1, 0.15) is 12.8 Å². The minimum absolute atomic E-state index is 0.0191. The number of carbonyl (C=O) groups is 2. The molecule has 0 bridgehead atoms. The molecule has 1 heterocycles. The molecule has 1 saturated heterocycles. The molecular formula is C22H23Cl2N3O4S. The number of carbonyl (C=O) groups excluding carboxylic acids is 2. The largest absolute Gasteiger partial charge is 0.497 e. The van der Waals surface area contributed by atoms with Gasteiger partial charge < -0.3 is 14.8 Å². The zero-order valence-electron chi connectivity index (χ0n) is 17.6. The summed E-state index contributed by atoms with van der Waals surface area (Å²) in [6.45, 7) is 0.968. The number of nitrogens with one attached hydrogen (secondary N) is 1. The molecule has 1 atom stereocenters. The highest BCUT2D eigenvalue weighted by Crippen LogP contribution is 2.33. The maximum atomic E-state index is 13.0. The average molecular weight is 496 g/mol. The molecule has 32 heavy (non-hydrogen) atoms. The predicted molar refractivity (Wildman–Crippen MR) is 129 cm³/mol. The number of aliphatic imine (C=N–C) groups is 1. The molecule has 0 aliphatic carbocycles. The van der Waals surface area contributed by atoms with Gasteiger partial charge in [0.05, 0.1) is 28.5 Å². The van der Waals surface area contributed by atoms with Crippen molar-refractivity contribution in [1.29, 1.82) is 0 Å². The van der Waals surface area contributed by atoms with Crippen LogP contribution in [0.5, 0.6) is 5.75 Å². The van der Waals surface area contributed by atoms with Crippen molar-refractivity contribution >= 4 is 63.3 Å². The Morgan fingerprint density at radius 3 is 2.62 bits per heavy atom. The molecule has 1 unspecified atom stereocenters. The van der Waals surface area contributed by atoms with Gasteiger partial charge in [-0.3, -0.25) is 14.5 Å². The topological polar surface area (TPSA) is 80.2 Å². The van der Waals surface area contributed by atoms with Crippen LogP contribution in [0.25, 0.3) is 0 Å². The van der Waals surface area contributed by atoms with Crippen molar-refractivity contribution in [1.82, 2.24) is 4.90 Å². The van der Waals surface area contributed by atoms with Crippen molar-refractivity contribution in [2.45, 2.75) is 18.1 Å². The second-order valence-electron chi connectivity index (χ2n) is 6.89. The molecule has 7 nitrogen and oxygen atoms in total. The molecule has 2 amide bonds. The fourth-order valence-corrected chi connectivity index (χ4v) is 4.57. The maximum absolute atomic E-state index is 13.0. The summed E-state index contributed by atoms with van der Waals surface area (Å²) < 4.78 is 10.3. The highest BCUT2D eigenvalue weighted by molar-refractivity contribution is 8.15. The van der Waals surface area contributed by atoms with Crippen molar-refractivity contribution in [2.75, 3.05) is 32.7 Å². The van der Waals surface area contributed by atoms with E-state index in [0.717, 1.165) is 5.75 Å². The van der Waals surface area contributed by atoms with Crippen molar-refractivity contribution in [3.05, 3.63) is 52.5 Å². The number of halogens is 2. The van der Waals surface area contributed by atoms with Crippen molar-refractivity contribution in [3.8, 4) is 5.75 Å². The van der Waals surface area contributed by atoms with E-state index in [2.05, 4.69) is 10.3 Å². The van der Waals surface area contributed by atoms with Gasteiger partial charge >= 0.3 is 0 Å². The Balaban J connectivity index is 1.74.